The van der Waals surface area contributed by atoms with E-state index in [-0.39, 0.29) is 39.4 Å². The first-order chi connectivity index (χ1) is 4.74. The molecule has 0 saturated carbocycles. The molecule has 2 nitrogen and oxygen atoms in total. The fraction of sp³-hybridized carbons (Fsp3) is 0.875. The first kappa shape index (κ1) is 22.6. The van der Waals surface area contributed by atoms with Crippen molar-refractivity contribution in [1.82, 2.24) is 0 Å². The second kappa shape index (κ2) is 45.0. The average molecular weight is 240 g/mol. The molecule has 0 heterocycles. The molecule has 2 N–H and O–H groups in total. The molecule has 11 heavy (non-hydrogen) atoms. The van der Waals surface area contributed by atoms with Gasteiger partial charge in [-0.05, 0) is 13.8 Å². The molecule has 0 aromatic heterocycles. The third kappa shape index (κ3) is 257. The Balaban J connectivity index is -0.0000000325. The molecular formula is C8H21O2Zr-. The summed E-state index contributed by atoms with van der Waals surface area (Å²) < 4.78 is 0. The number of aliphatic hydroxyl groups is 2. The monoisotopic (exact) mass is 239 g/mol. The topological polar surface area (TPSA) is 40.5 Å². The molecule has 0 rings (SSSR count). The smallest absolute Gasteiger partial charge is 0.0402 e. The van der Waals surface area contributed by atoms with Crippen LogP contribution in [0.15, 0.2) is 0 Å². The van der Waals surface area contributed by atoms with E-state index in [9.17, 15) is 0 Å². The Morgan fingerprint density at radius 1 is 1.00 bits per heavy atom. The summed E-state index contributed by atoms with van der Waals surface area (Å²) in [5.74, 6) is 0. The van der Waals surface area contributed by atoms with E-state index < -0.39 is 0 Å². The maximum Gasteiger partial charge on any atom is 0.0402 e. The van der Waals surface area contributed by atoms with Crippen LogP contribution in [0.5, 0.6) is 0 Å². The number of unbranched alkanes of at least 4 members (excludes halogenated alkanes) is 1. The first-order valence-corrected chi connectivity index (χ1v) is 3.75. The van der Waals surface area contributed by atoms with E-state index in [0.717, 1.165) is 6.42 Å². The van der Waals surface area contributed by atoms with Crippen molar-refractivity contribution in [3.05, 3.63) is 6.92 Å². The minimum Gasteiger partial charge on any atom is -0.397 e. The summed E-state index contributed by atoms with van der Waals surface area (Å²) >= 11 is 0. The van der Waals surface area contributed by atoms with Crippen LogP contribution < -0.4 is 0 Å². The van der Waals surface area contributed by atoms with E-state index in [2.05, 4.69) is 13.8 Å². The molecule has 0 aromatic carbocycles. The van der Waals surface area contributed by atoms with Gasteiger partial charge < -0.3 is 17.1 Å². The van der Waals surface area contributed by atoms with Gasteiger partial charge in [0.15, 0.2) is 0 Å². The molecule has 0 aromatic rings. The number of rotatable bonds is 1. The molecule has 0 radical (unpaired) electrons. The SMILES string of the molecule is CCO.CCO.[CH2-]CCC.[Zr]. The molecular weight excluding hydrogens is 219 g/mol. The number of hydrogen-bond donors (Lipinski definition) is 2. The maximum atomic E-state index is 7.57. The van der Waals surface area contributed by atoms with Gasteiger partial charge in [-0.2, -0.15) is 6.42 Å². The largest absolute Gasteiger partial charge is 0.397 e. The van der Waals surface area contributed by atoms with Gasteiger partial charge in [-0.3, -0.25) is 0 Å². The van der Waals surface area contributed by atoms with Crippen LogP contribution in [0.1, 0.15) is 33.6 Å². The normalized spacial score (nSPS) is 6.00. The fourth-order valence-electron chi connectivity index (χ4n) is 0. The molecule has 0 aliphatic rings. The van der Waals surface area contributed by atoms with Gasteiger partial charge >= 0.3 is 0 Å². The van der Waals surface area contributed by atoms with Gasteiger partial charge in [0.25, 0.3) is 0 Å². The van der Waals surface area contributed by atoms with Gasteiger partial charge in [0.05, 0.1) is 0 Å². The van der Waals surface area contributed by atoms with E-state index in [1.807, 2.05) is 0 Å². The second-order valence-corrected chi connectivity index (χ2v) is 1.49. The Bertz CT molecular complexity index is 24.1. The van der Waals surface area contributed by atoms with Crippen LogP contribution in [0.2, 0.25) is 0 Å². The Morgan fingerprint density at radius 2 is 1.09 bits per heavy atom. The summed E-state index contributed by atoms with van der Waals surface area (Å²) in [5, 5.41) is 15.1. The van der Waals surface area contributed by atoms with Crippen molar-refractivity contribution in [2.75, 3.05) is 13.2 Å². The third-order valence-corrected chi connectivity index (χ3v) is 0.354. The second-order valence-electron chi connectivity index (χ2n) is 1.49. The van der Waals surface area contributed by atoms with Gasteiger partial charge in [-0.25, -0.2) is 0 Å². The van der Waals surface area contributed by atoms with Gasteiger partial charge in [0, 0.05) is 39.4 Å². The summed E-state index contributed by atoms with van der Waals surface area (Å²) in [6, 6.07) is 0. The molecule has 0 bridgehead atoms. The van der Waals surface area contributed by atoms with E-state index in [1.54, 1.807) is 13.8 Å². The van der Waals surface area contributed by atoms with Gasteiger partial charge in [-0.15, -0.1) is 0 Å². The molecule has 0 aliphatic carbocycles. The van der Waals surface area contributed by atoms with Crippen molar-refractivity contribution < 1.29 is 36.4 Å². The molecule has 0 fully saturated rings. The van der Waals surface area contributed by atoms with Gasteiger partial charge in [0.1, 0.15) is 0 Å². The number of aliphatic hydroxyl groups excluding tert-OH is 2. The summed E-state index contributed by atoms with van der Waals surface area (Å²) in [6.45, 7) is 9.58. The van der Waals surface area contributed by atoms with Crippen molar-refractivity contribution in [3.63, 3.8) is 0 Å². The Hall–Kier alpha value is 0.803. The van der Waals surface area contributed by atoms with Gasteiger partial charge in [0.2, 0.25) is 0 Å². The molecule has 0 saturated heterocycles. The fourth-order valence-corrected chi connectivity index (χ4v) is 0. The zero-order valence-electron chi connectivity index (χ0n) is 7.93. The number of hydrogen-bond acceptors (Lipinski definition) is 2. The maximum absolute atomic E-state index is 7.57. The molecule has 0 unspecified atom stereocenters. The van der Waals surface area contributed by atoms with Crippen LogP contribution in [0.4, 0.5) is 0 Å². The molecule has 70 valence electrons. The molecule has 0 amide bonds. The van der Waals surface area contributed by atoms with Gasteiger partial charge in [-0.1, -0.05) is 13.3 Å². The zero-order chi connectivity index (χ0) is 8.83. The average Bonchev–Trinajstić information content (AvgIpc) is 1.91. The third-order valence-electron chi connectivity index (χ3n) is 0.354. The van der Waals surface area contributed by atoms with E-state index >= 15 is 0 Å². The Labute approximate surface area is 90.1 Å². The predicted octanol–water partition coefficient (Wildman–Crippen LogP) is 1.62. The van der Waals surface area contributed by atoms with Crippen LogP contribution >= 0.6 is 0 Å². The molecule has 0 spiro atoms. The summed E-state index contributed by atoms with van der Waals surface area (Å²) in [6.07, 6.45) is 2.28. The summed E-state index contributed by atoms with van der Waals surface area (Å²) in [5.41, 5.74) is 0. The predicted molar refractivity (Wildman–Crippen MR) is 45.8 cm³/mol. The Morgan fingerprint density at radius 3 is 1.09 bits per heavy atom. The van der Waals surface area contributed by atoms with Crippen molar-refractivity contribution in [1.29, 1.82) is 0 Å². The summed E-state index contributed by atoms with van der Waals surface area (Å²) in [4.78, 5) is 0. The van der Waals surface area contributed by atoms with Crippen molar-refractivity contribution in [2.45, 2.75) is 33.6 Å². The molecule has 3 heteroatoms. The Kier molecular flexibility index (Phi) is 92.6. The van der Waals surface area contributed by atoms with Crippen LogP contribution in [0.25, 0.3) is 0 Å². The zero-order valence-corrected chi connectivity index (χ0v) is 10.4. The molecule has 0 atom stereocenters. The van der Waals surface area contributed by atoms with E-state index in [0.29, 0.717) is 0 Å². The van der Waals surface area contributed by atoms with Crippen LogP contribution in [-0.2, 0) is 26.2 Å². The van der Waals surface area contributed by atoms with Crippen molar-refractivity contribution >= 4 is 0 Å². The minimum atomic E-state index is 0. The molecule has 0 aliphatic heterocycles. The summed E-state index contributed by atoms with van der Waals surface area (Å²) in [7, 11) is 0. The van der Waals surface area contributed by atoms with Crippen LogP contribution in [-0.4, -0.2) is 23.4 Å². The standard InChI is InChI=1S/C4H9.2C2H6O.Zr/c1-3-4-2;2*1-2-3;/h1,3-4H2,2H3;2*3H,2H2,1H3;/q-1;;;. The first-order valence-electron chi connectivity index (χ1n) is 3.75. The van der Waals surface area contributed by atoms with Crippen LogP contribution in [0.3, 0.4) is 0 Å². The van der Waals surface area contributed by atoms with E-state index in [4.69, 9.17) is 10.2 Å². The van der Waals surface area contributed by atoms with Crippen molar-refractivity contribution in [2.24, 2.45) is 0 Å². The quantitative estimate of drug-likeness (QED) is 0.684. The van der Waals surface area contributed by atoms with Crippen LogP contribution in [0, 0.1) is 6.92 Å². The minimum absolute atomic E-state index is 0. The van der Waals surface area contributed by atoms with E-state index in [1.165, 1.54) is 6.42 Å². The van der Waals surface area contributed by atoms with Crippen molar-refractivity contribution in [3.8, 4) is 0 Å².